The van der Waals surface area contributed by atoms with Crippen molar-refractivity contribution in [3.05, 3.63) is 79.6 Å². The molecule has 1 saturated carbocycles. The van der Waals surface area contributed by atoms with Crippen molar-refractivity contribution in [3.8, 4) is 11.8 Å². The Kier molecular flexibility index (Phi) is 3.87. The highest BCUT2D eigenvalue weighted by molar-refractivity contribution is 5.82. The van der Waals surface area contributed by atoms with Crippen LogP contribution < -0.4 is 5.73 Å². The number of imidazole rings is 1. The summed E-state index contributed by atoms with van der Waals surface area (Å²) in [6.07, 6.45) is 9.30. The number of nitrogen functional groups attached to an aromatic ring is 1. The Balaban J connectivity index is 1.79. The van der Waals surface area contributed by atoms with Crippen molar-refractivity contribution in [3.63, 3.8) is 0 Å². The quantitative estimate of drug-likeness (QED) is 0.737. The van der Waals surface area contributed by atoms with E-state index in [4.69, 9.17) is 5.73 Å². The van der Waals surface area contributed by atoms with Gasteiger partial charge in [-0.1, -0.05) is 36.3 Å². The van der Waals surface area contributed by atoms with Crippen LogP contribution in [-0.4, -0.2) is 19.5 Å². The summed E-state index contributed by atoms with van der Waals surface area (Å²) in [4.78, 5) is 12.9. The number of fused-ring (bicyclic) bond motifs is 1. The van der Waals surface area contributed by atoms with E-state index in [1.165, 1.54) is 6.33 Å². The molecule has 0 saturated heterocycles. The summed E-state index contributed by atoms with van der Waals surface area (Å²) in [6.45, 7) is 0.624. The first-order chi connectivity index (χ1) is 11.8. The van der Waals surface area contributed by atoms with Crippen LogP contribution in [0.1, 0.15) is 11.4 Å². The third-order valence-electron chi connectivity index (χ3n) is 3.73. The largest absolute Gasteiger partial charge is 0.382 e. The first kappa shape index (κ1) is 14.7. The number of aromatic nitrogens is 4. The number of benzene rings is 1. The summed E-state index contributed by atoms with van der Waals surface area (Å²) in [5, 5.41) is 0. The molecule has 0 unspecified atom stereocenters. The maximum Gasteiger partial charge on any atom is 0.188 e. The molecule has 1 aliphatic rings. The summed E-state index contributed by atoms with van der Waals surface area (Å²) in [6, 6.07) is 10.1. The zero-order valence-corrected chi connectivity index (χ0v) is 12.8. The number of nitrogens with zero attached hydrogens (tertiary/aromatic N) is 4. The molecule has 1 fully saturated rings. The van der Waals surface area contributed by atoms with Gasteiger partial charge in [-0.25, -0.2) is 15.0 Å². The van der Waals surface area contributed by atoms with Gasteiger partial charge in [0.15, 0.2) is 22.8 Å². The highest BCUT2D eigenvalue weighted by Gasteiger charge is 2.16. The Hall–Kier alpha value is -2.87. The van der Waals surface area contributed by atoms with Crippen LogP contribution in [0.3, 0.4) is 0 Å². The average molecular weight is 312 g/mol. The monoisotopic (exact) mass is 312 g/mol. The van der Waals surface area contributed by atoms with Crippen LogP contribution in [0.5, 0.6) is 0 Å². The molecule has 115 valence electrons. The third kappa shape index (κ3) is 2.83. The molecule has 2 N–H and O–H groups in total. The molecule has 5 radical (unpaired) electrons. The number of anilines is 1. The van der Waals surface area contributed by atoms with Gasteiger partial charge in [0.2, 0.25) is 0 Å². The predicted molar refractivity (Wildman–Crippen MR) is 92.6 cm³/mol. The molecule has 5 nitrogen and oxygen atoms in total. The summed E-state index contributed by atoms with van der Waals surface area (Å²) in [7, 11) is 0. The van der Waals surface area contributed by atoms with E-state index in [1.807, 2.05) is 48.4 Å². The molecule has 0 amide bonds. The van der Waals surface area contributed by atoms with Crippen LogP contribution in [0.4, 0.5) is 5.82 Å². The van der Waals surface area contributed by atoms with Crippen molar-refractivity contribution in [1.29, 1.82) is 0 Å². The standard InChI is InChI=1S/C19H14N5/c20-18-17-19(22-13-21-18)24(12-15-8-2-1-3-9-15)16(23-17)11-10-14-6-4-5-7-14/h1-9,13H,12H2,(H2,20,21,22). The van der Waals surface area contributed by atoms with E-state index in [2.05, 4.69) is 38.9 Å². The average Bonchev–Trinajstić information content (AvgIpc) is 3.23. The molecule has 0 spiro atoms. The molecular weight excluding hydrogens is 298 g/mol. The summed E-state index contributed by atoms with van der Waals surface area (Å²) < 4.78 is 1.97. The van der Waals surface area contributed by atoms with Crippen LogP contribution in [-0.2, 0) is 6.54 Å². The van der Waals surface area contributed by atoms with Gasteiger partial charge in [-0.3, -0.25) is 4.57 Å². The molecule has 1 aromatic carbocycles. The number of nitrogens with two attached hydrogens (primary N) is 1. The molecule has 24 heavy (non-hydrogen) atoms. The van der Waals surface area contributed by atoms with Crippen LogP contribution in [0.25, 0.3) is 11.2 Å². The van der Waals surface area contributed by atoms with Crippen molar-refractivity contribution in [1.82, 2.24) is 19.5 Å². The predicted octanol–water partition coefficient (Wildman–Crippen LogP) is 2.21. The van der Waals surface area contributed by atoms with Crippen molar-refractivity contribution in [2.45, 2.75) is 6.54 Å². The van der Waals surface area contributed by atoms with Gasteiger partial charge in [0, 0.05) is 0 Å². The van der Waals surface area contributed by atoms with E-state index >= 15 is 0 Å². The lowest BCUT2D eigenvalue weighted by atomic mass is 10.1. The van der Waals surface area contributed by atoms with Crippen LogP contribution >= 0.6 is 0 Å². The third-order valence-corrected chi connectivity index (χ3v) is 3.73. The molecule has 5 heteroatoms. The van der Waals surface area contributed by atoms with Gasteiger partial charge < -0.3 is 5.73 Å². The number of hydrogen-bond acceptors (Lipinski definition) is 4. The first-order valence-corrected chi connectivity index (χ1v) is 7.55. The Morgan fingerprint density at radius 3 is 2.58 bits per heavy atom. The maximum atomic E-state index is 5.95. The van der Waals surface area contributed by atoms with Crippen LogP contribution in [0.15, 0.2) is 36.7 Å². The van der Waals surface area contributed by atoms with Gasteiger partial charge in [0.05, 0.1) is 12.5 Å². The Labute approximate surface area is 141 Å². The minimum Gasteiger partial charge on any atom is -0.382 e. The maximum absolute atomic E-state index is 5.95. The normalized spacial score (nSPS) is 14.7. The second-order valence-corrected chi connectivity index (χ2v) is 5.36. The first-order valence-electron chi connectivity index (χ1n) is 7.55. The molecule has 1 aliphatic carbocycles. The smallest absolute Gasteiger partial charge is 0.188 e. The summed E-state index contributed by atoms with van der Waals surface area (Å²) >= 11 is 0. The molecule has 0 atom stereocenters. The van der Waals surface area contributed by atoms with E-state index in [0.29, 0.717) is 29.4 Å². The van der Waals surface area contributed by atoms with Gasteiger partial charge in [-0.2, -0.15) is 0 Å². The molecule has 0 bridgehead atoms. The van der Waals surface area contributed by atoms with Crippen LogP contribution in [0.2, 0.25) is 0 Å². The number of rotatable bonds is 2. The van der Waals surface area contributed by atoms with E-state index in [0.717, 1.165) is 11.5 Å². The van der Waals surface area contributed by atoms with Crippen molar-refractivity contribution in [2.75, 3.05) is 5.73 Å². The lowest BCUT2D eigenvalue weighted by Gasteiger charge is -2.05. The fourth-order valence-electron chi connectivity index (χ4n) is 2.55. The second-order valence-electron chi connectivity index (χ2n) is 5.36. The molecule has 4 rings (SSSR count). The zero-order chi connectivity index (χ0) is 16.4. The topological polar surface area (TPSA) is 69.6 Å². The van der Waals surface area contributed by atoms with E-state index in [1.54, 1.807) is 0 Å². The van der Waals surface area contributed by atoms with Gasteiger partial charge >= 0.3 is 0 Å². The Morgan fingerprint density at radius 2 is 1.79 bits per heavy atom. The highest BCUT2D eigenvalue weighted by Crippen LogP contribution is 2.23. The minimum atomic E-state index is 0.364. The Morgan fingerprint density at radius 1 is 1.00 bits per heavy atom. The van der Waals surface area contributed by atoms with Crippen molar-refractivity contribution >= 4 is 17.0 Å². The summed E-state index contributed by atoms with van der Waals surface area (Å²) in [5.74, 6) is 8.20. The lowest BCUT2D eigenvalue weighted by molar-refractivity contribution is 0.800. The van der Waals surface area contributed by atoms with Crippen molar-refractivity contribution in [2.24, 2.45) is 0 Å². The number of hydrogen-bond donors (Lipinski definition) is 1. The molecule has 2 aromatic heterocycles. The molecule has 3 aromatic rings. The van der Waals surface area contributed by atoms with Gasteiger partial charge in [0.25, 0.3) is 0 Å². The van der Waals surface area contributed by atoms with E-state index in [-0.39, 0.29) is 0 Å². The van der Waals surface area contributed by atoms with E-state index in [9.17, 15) is 0 Å². The van der Waals surface area contributed by atoms with Crippen LogP contribution in [0, 0.1) is 43.4 Å². The lowest BCUT2D eigenvalue weighted by Crippen LogP contribution is -2.04. The van der Waals surface area contributed by atoms with Crippen molar-refractivity contribution < 1.29 is 0 Å². The molecular formula is C19H14N5. The minimum absolute atomic E-state index is 0.364. The second kappa shape index (κ2) is 6.32. The van der Waals surface area contributed by atoms with Gasteiger partial charge in [0.1, 0.15) is 6.33 Å². The highest BCUT2D eigenvalue weighted by atomic mass is 15.1. The summed E-state index contributed by atoms with van der Waals surface area (Å²) in [5.41, 5.74) is 8.37. The SMILES string of the molecule is Nc1ncnc2c1nc(C#C[C]1[CH][CH][CH][CH]1)n2Cc1ccccc1. The fourth-order valence-corrected chi connectivity index (χ4v) is 2.55. The fraction of sp³-hybridized carbons (Fsp3) is 0.0526. The Bertz CT molecular complexity index is 911. The van der Waals surface area contributed by atoms with E-state index < -0.39 is 0 Å². The zero-order valence-electron chi connectivity index (χ0n) is 12.8. The van der Waals surface area contributed by atoms with Gasteiger partial charge in [-0.15, -0.1) is 0 Å². The molecule has 2 heterocycles. The molecule has 0 aliphatic heterocycles. The van der Waals surface area contributed by atoms with Gasteiger partial charge in [-0.05, 0) is 37.2 Å².